The SMILES string of the molecule is Cc1cc(NCc2nn[nH]n2)nc(C(C)C)n1. The lowest BCUT2D eigenvalue weighted by Crippen LogP contribution is -2.07. The van der Waals surface area contributed by atoms with Gasteiger partial charge in [0.2, 0.25) is 0 Å². The lowest BCUT2D eigenvalue weighted by molar-refractivity contribution is 0.765. The van der Waals surface area contributed by atoms with Crippen molar-refractivity contribution < 1.29 is 0 Å². The van der Waals surface area contributed by atoms with Gasteiger partial charge in [-0.15, -0.1) is 10.2 Å². The summed E-state index contributed by atoms with van der Waals surface area (Å²) in [5.41, 5.74) is 0.944. The second kappa shape index (κ2) is 4.86. The predicted octanol–water partition coefficient (Wildman–Crippen LogP) is 1.03. The minimum atomic E-state index is 0.306. The molecule has 90 valence electrons. The second-order valence-electron chi connectivity index (χ2n) is 4.09. The molecule has 0 aliphatic carbocycles. The van der Waals surface area contributed by atoms with Crippen molar-refractivity contribution in [3.8, 4) is 0 Å². The van der Waals surface area contributed by atoms with Gasteiger partial charge in [0.25, 0.3) is 0 Å². The first-order chi connectivity index (χ1) is 8.15. The summed E-state index contributed by atoms with van der Waals surface area (Å²) in [6.07, 6.45) is 0. The Morgan fingerprint density at radius 1 is 1.35 bits per heavy atom. The first-order valence-electron chi connectivity index (χ1n) is 5.47. The van der Waals surface area contributed by atoms with Crippen molar-refractivity contribution in [3.63, 3.8) is 0 Å². The number of hydrogen-bond acceptors (Lipinski definition) is 6. The van der Waals surface area contributed by atoms with Gasteiger partial charge in [-0.2, -0.15) is 5.21 Å². The van der Waals surface area contributed by atoms with Crippen LogP contribution in [0.5, 0.6) is 0 Å². The van der Waals surface area contributed by atoms with Crippen LogP contribution in [0.3, 0.4) is 0 Å². The van der Waals surface area contributed by atoms with Crippen molar-refractivity contribution >= 4 is 5.82 Å². The Hall–Kier alpha value is -2.05. The van der Waals surface area contributed by atoms with E-state index in [-0.39, 0.29) is 0 Å². The van der Waals surface area contributed by atoms with Crippen molar-refractivity contribution in [2.75, 3.05) is 5.32 Å². The third kappa shape index (κ3) is 2.96. The smallest absolute Gasteiger partial charge is 0.193 e. The monoisotopic (exact) mass is 233 g/mol. The van der Waals surface area contributed by atoms with Gasteiger partial charge in [0.1, 0.15) is 11.6 Å². The highest BCUT2D eigenvalue weighted by atomic mass is 15.5. The number of rotatable bonds is 4. The Bertz CT molecular complexity index is 477. The quantitative estimate of drug-likeness (QED) is 0.819. The fourth-order valence-corrected chi connectivity index (χ4v) is 1.37. The normalized spacial score (nSPS) is 10.8. The standard InChI is InChI=1S/C10H15N7/c1-6(2)10-12-7(3)4-8(13-10)11-5-9-14-16-17-15-9/h4,6H,5H2,1-3H3,(H,11,12,13)(H,14,15,16,17). The van der Waals surface area contributed by atoms with E-state index in [1.54, 1.807) is 0 Å². The van der Waals surface area contributed by atoms with E-state index < -0.39 is 0 Å². The van der Waals surface area contributed by atoms with E-state index in [4.69, 9.17) is 0 Å². The number of nitrogens with one attached hydrogen (secondary N) is 2. The molecule has 2 N–H and O–H groups in total. The molecule has 2 rings (SSSR count). The topological polar surface area (TPSA) is 92.3 Å². The van der Waals surface area contributed by atoms with Crippen LogP contribution in [0, 0.1) is 6.92 Å². The molecule has 2 aromatic heterocycles. The van der Waals surface area contributed by atoms with Gasteiger partial charge in [0.15, 0.2) is 5.82 Å². The Labute approximate surface area is 99.1 Å². The predicted molar refractivity (Wildman–Crippen MR) is 62.4 cm³/mol. The lowest BCUT2D eigenvalue weighted by Gasteiger charge is -2.08. The highest BCUT2D eigenvalue weighted by molar-refractivity contribution is 5.36. The number of aryl methyl sites for hydroxylation is 1. The molecule has 0 amide bonds. The fraction of sp³-hybridized carbons (Fsp3) is 0.500. The molecule has 7 heteroatoms. The fourth-order valence-electron chi connectivity index (χ4n) is 1.37. The van der Waals surface area contributed by atoms with Gasteiger partial charge in [-0.25, -0.2) is 9.97 Å². The molecule has 7 nitrogen and oxygen atoms in total. The van der Waals surface area contributed by atoms with Gasteiger partial charge in [-0.1, -0.05) is 19.1 Å². The third-order valence-electron chi connectivity index (χ3n) is 2.20. The van der Waals surface area contributed by atoms with Gasteiger partial charge in [-0.3, -0.25) is 0 Å². The minimum Gasteiger partial charge on any atom is -0.363 e. The van der Waals surface area contributed by atoms with E-state index in [1.165, 1.54) is 0 Å². The van der Waals surface area contributed by atoms with Crippen molar-refractivity contribution in [3.05, 3.63) is 23.4 Å². The maximum atomic E-state index is 4.42. The molecule has 0 unspecified atom stereocenters. The molecule has 0 aliphatic heterocycles. The number of hydrogen-bond donors (Lipinski definition) is 2. The van der Waals surface area contributed by atoms with Gasteiger partial charge in [-0.05, 0) is 6.92 Å². The van der Waals surface area contributed by atoms with Gasteiger partial charge in [0, 0.05) is 17.7 Å². The van der Waals surface area contributed by atoms with E-state index >= 15 is 0 Å². The summed E-state index contributed by atoms with van der Waals surface area (Å²) in [7, 11) is 0. The Morgan fingerprint density at radius 2 is 2.18 bits per heavy atom. The Kier molecular flexibility index (Phi) is 3.27. The molecule has 0 radical (unpaired) electrons. The number of H-pyrrole nitrogens is 1. The molecular weight excluding hydrogens is 218 g/mol. The first kappa shape index (κ1) is 11.4. The minimum absolute atomic E-state index is 0.306. The molecule has 0 aromatic carbocycles. The highest BCUT2D eigenvalue weighted by Gasteiger charge is 2.06. The third-order valence-corrected chi connectivity index (χ3v) is 2.20. The number of aromatic nitrogens is 6. The van der Waals surface area contributed by atoms with Gasteiger partial charge >= 0.3 is 0 Å². The van der Waals surface area contributed by atoms with Crippen LogP contribution in [0.15, 0.2) is 6.07 Å². The number of tetrazole rings is 1. The number of aromatic amines is 1. The molecule has 0 aliphatic rings. The van der Waals surface area contributed by atoms with Crippen LogP contribution in [0.2, 0.25) is 0 Å². The molecular formula is C10H15N7. The summed E-state index contributed by atoms with van der Waals surface area (Å²) in [6, 6.07) is 1.89. The van der Waals surface area contributed by atoms with Crippen LogP contribution in [-0.2, 0) is 6.54 Å². The van der Waals surface area contributed by atoms with Gasteiger partial charge < -0.3 is 5.32 Å². The van der Waals surface area contributed by atoms with E-state index in [0.29, 0.717) is 18.3 Å². The van der Waals surface area contributed by atoms with Crippen molar-refractivity contribution in [2.45, 2.75) is 33.2 Å². The zero-order valence-electron chi connectivity index (χ0n) is 10.1. The van der Waals surface area contributed by atoms with Crippen LogP contribution in [0.1, 0.15) is 37.1 Å². The molecule has 2 aromatic rings. The molecule has 0 atom stereocenters. The number of anilines is 1. The molecule has 0 spiro atoms. The summed E-state index contributed by atoms with van der Waals surface area (Å²) in [5.74, 6) is 2.53. The van der Waals surface area contributed by atoms with Crippen LogP contribution >= 0.6 is 0 Å². The molecule has 0 saturated heterocycles. The van der Waals surface area contributed by atoms with Crippen LogP contribution < -0.4 is 5.32 Å². The summed E-state index contributed by atoms with van der Waals surface area (Å²) in [6.45, 7) is 6.58. The maximum Gasteiger partial charge on any atom is 0.193 e. The van der Waals surface area contributed by atoms with E-state index in [0.717, 1.165) is 17.3 Å². The van der Waals surface area contributed by atoms with Crippen molar-refractivity contribution in [1.82, 2.24) is 30.6 Å². The average Bonchev–Trinajstić information content (AvgIpc) is 2.78. The Balaban J connectivity index is 2.10. The van der Waals surface area contributed by atoms with E-state index in [2.05, 4.69) is 49.8 Å². The molecule has 0 saturated carbocycles. The largest absolute Gasteiger partial charge is 0.363 e. The Morgan fingerprint density at radius 3 is 2.82 bits per heavy atom. The van der Waals surface area contributed by atoms with Crippen LogP contribution in [0.25, 0.3) is 0 Å². The van der Waals surface area contributed by atoms with Gasteiger partial charge in [0.05, 0.1) is 6.54 Å². The molecule has 2 heterocycles. The zero-order valence-corrected chi connectivity index (χ0v) is 10.1. The summed E-state index contributed by atoms with van der Waals surface area (Å²) in [4.78, 5) is 8.80. The first-order valence-corrected chi connectivity index (χ1v) is 5.47. The van der Waals surface area contributed by atoms with Crippen molar-refractivity contribution in [1.29, 1.82) is 0 Å². The molecule has 17 heavy (non-hydrogen) atoms. The molecule has 0 bridgehead atoms. The second-order valence-corrected chi connectivity index (χ2v) is 4.09. The van der Waals surface area contributed by atoms with Crippen LogP contribution in [-0.4, -0.2) is 30.6 Å². The average molecular weight is 233 g/mol. The summed E-state index contributed by atoms with van der Waals surface area (Å²) in [5, 5.41) is 16.8. The van der Waals surface area contributed by atoms with Crippen LogP contribution in [0.4, 0.5) is 5.82 Å². The lowest BCUT2D eigenvalue weighted by atomic mass is 10.2. The summed E-state index contributed by atoms with van der Waals surface area (Å²) < 4.78 is 0. The highest BCUT2D eigenvalue weighted by Crippen LogP contribution is 2.13. The maximum absolute atomic E-state index is 4.42. The zero-order chi connectivity index (χ0) is 12.3. The number of nitrogens with zero attached hydrogens (tertiary/aromatic N) is 5. The van der Waals surface area contributed by atoms with E-state index in [9.17, 15) is 0 Å². The molecule has 0 fully saturated rings. The summed E-state index contributed by atoms with van der Waals surface area (Å²) >= 11 is 0. The van der Waals surface area contributed by atoms with E-state index in [1.807, 2.05) is 13.0 Å². The van der Waals surface area contributed by atoms with Crippen molar-refractivity contribution in [2.24, 2.45) is 0 Å².